The van der Waals surface area contributed by atoms with Gasteiger partial charge in [-0.25, -0.2) is 0 Å². The molecule has 0 saturated carbocycles. The van der Waals surface area contributed by atoms with Crippen molar-refractivity contribution in [2.45, 2.75) is 20.3 Å². The minimum atomic E-state index is 0.442. The average Bonchev–Trinajstić information content (AvgIpc) is 2.55. The van der Waals surface area contributed by atoms with Gasteiger partial charge < -0.3 is 0 Å². The molecule has 0 aromatic heterocycles. The van der Waals surface area contributed by atoms with Crippen LogP contribution in [0.2, 0.25) is 0 Å². The molecule has 0 spiro atoms. The first kappa shape index (κ1) is 11.2. The molecule has 1 heteroatoms. The molecule has 0 radical (unpaired) electrons. The second kappa shape index (κ2) is 4.41. The predicted molar refractivity (Wildman–Crippen MR) is 76.7 cm³/mol. The number of para-hydroxylation sites is 1. The first-order valence-electron chi connectivity index (χ1n) is 6.50. The quantitative estimate of drug-likeness (QED) is 0.696. The lowest BCUT2D eigenvalue weighted by molar-refractivity contribution is 0.884. The number of rotatable bonds is 1. The maximum atomic E-state index is 4.90. The van der Waals surface area contributed by atoms with Crippen LogP contribution in [0.1, 0.15) is 30.5 Å². The van der Waals surface area contributed by atoms with Crippen molar-refractivity contribution >= 4 is 11.4 Å². The van der Waals surface area contributed by atoms with Gasteiger partial charge in [0.2, 0.25) is 0 Å². The highest BCUT2D eigenvalue weighted by atomic mass is 14.8. The molecule has 3 rings (SSSR count). The van der Waals surface area contributed by atoms with E-state index in [4.69, 9.17) is 4.99 Å². The molecule has 0 fully saturated rings. The van der Waals surface area contributed by atoms with Crippen molar-refractivity contribution in [1.82, 2.24) is 0 Å². The topological polar surface area (TPSA) is 12.4 Å². The maximum Gasteiger partial charge on any atom is 0.0668 e. The zero-order valence-electron chi connectivity index (χ0n) is 10.9. The van der Waals surface area contributed by atoms with E-state index >= 15 is 0 Å². The van der Waals surface area contributed by atoms with Crippen molar-refractivity contribution in [3.05, 3.63) is 65.2 Å². The maximum absolute atomic E-state index is 4.90. The molecule has 1 aliphatic heterocycles. The summed E-state index contributed by atoms with van der Waals surface area (Å²) < 4.78 is 0. The first-order valence-corrected chi connectivity index (χ1v) is 6.50. The molecule has 2 aromatic carbocycles. The standard InChI is InChI=1S/C17H17N/c1-12(2)17-15-9-5-3-7-13(15)11-14-8-4-6-10-16(14)18-17/h3-10,12H,11H2,1-2H3. The fraction of sp³-hybridized carbons (Fsp3) is 0.235. The lowest BCUT2D eigenvalue weighted by atomic mass is 9.93. The Hall–Kier alpha value is -1.89. The summed E-state index contributed by atoms with van der Waals surface area (Å²) >= 11 is 0. The van der Waals surface area contributed by atoms with Gasteiger partial charge in [0.05, 0.1) is 11.4 Å². The van der Waals surface area contributed by atoms with Crippen LogP contribution in [0.25, 0.3) is 0 Å². The zero-order valence-corrected chi connectivity index (χ0v) is 10.9. The Balaban J connectivity index is 2.26. The smallest absolute Gasteiger partial charge is 0.0668 e. The van der Waals surface area contributed by atoms with Gasteiger partial charge in [-0.15, -0.1) is 0 Å². The van der Waals surface area contributed by atoms with Gasteiger partial charge in [0.15, 0.2) is 0 Å². The van der Waals surface area contributed by atoms with Crippen molar-refractivity contribution in [2.24, 2.45) is 10.9 Å². The molecule has 0 atom stereocenters. The van der Waals surface area contributed by atoms with Gasteiger partial charge in [-0.05, 0) is 28.7 Å². The third-order valence-corrected chi connectivity index (χ3v) is 3.45. The summed E-state index contributed by atoms with van der Waals surface area (Å²) in [6.07, 6.45) is 0.978. The predicted octanol–water partition coefficient (Wildman–Crippen LogP) is 4.37. The van der Waals surface area contributed by atoms with Crippen molar-refractivity contribution in [2.75, 3.05) is 0 Å². The lowest BCUT2D eigenvalue weighted by Crippen LogP contribution is -2.10. The summed E-state index contributed by atoms with van der Waals surface area (Å²) in [5.41, 5.74) is 6.34. The van der Waals surface area contributed by atoms with Crippen LogP contribution in [0.3, 0.4) is 0 Å². The minimum Gasteiger partial charge on any atom is -0.252 e. The van der Waals surface area contributed by atoms with Gasteiger partial charge in [-0.1, -0.05) is 56.3 Å². The molecule has 0 aliphatic carbocycles. The third kappa shape index (κ3) is 1.86. The SMILES string of the molecule is CC(C)C1=Nc2ccccc2Cc2ccccc21. The van der Waals surface area contributed by atoms with Gasteiger partial charge >= 0.3 is 0 Å². The van der Waals surface area contributed by atoms with E-state index in [2.05, 4.69) is 62.4 Å². The van der Waals surface area contributed by atoms with Crippen LogP contribution >= 0.6 is 0 Å². The fourth-order valence-electron chi connectivity index (χ4n) is 2.53. The Morgan fingerprint density at radius 1 is 0.889 bits per heavy atom. The molecule has 2 aromatic rings. The van der Waals surface area contributed by atoms with Crippen LogP contribution in [0.5, 0.6) is 0 Å². The number of nitrogens with zero attached hydrogens (tertiary/aromatic N) is 1. The van der Waals surface area contributed by atoms with E-state index in [0.29, 0.717) is 5.92 Å². The molecular formula is C17H17N. The summed E-state index contributed by atoms with van der Waals surface area (Å²) in [5, 5.41) is 0. The molecular weight excluding hydrogens is 218 g/mol. The largest absolute Gasteiger partial charge is 0.252 e. The summed E-state index contributed by atoms with van der Waals surface area (Å²) in [5.74, 6) is 0.442. The van der Waals surface area contributed by atoms with E-state index in [1.165, 1.54) is 22.4 Å². The lowest BCUT2D eigenvalue weighted by Gasteiger charge is -2.11. The number of hydrogen-bond acceptors (Lipinski definition) is 1. The fourth-order valence-corrected chi connectivity index (χ4v) is 2.53. The third-order valence-electron chi connectivity index (χ3n) is 3.45. The van der Waals surface area contributed by atoms with Crippen LogP contribution in [0.15, 0.2) is 53.5 Å². The van der Waals surface area contributed by atoms with Crippen molar-refractivity contribution in [1.29, 1.82) is 0 Å². The minimum absolute atomic E-state index is 0.442. The molecule has 18 heavy (non-hydrogen) atoms. The Morgan fingerprint density at radius 3 is 2.33 bits per heavy atom. The highest BCUT2D eigenvalue weighted by Gasteiger charge is 2.17. The molecule has 0 unspecified atom stereocenters. The van der Waals surface area contributed by atoms with E-state index in [-0.39, 0.29) is 0 Å². The normalized spacial score (nSPS) is 13.6. The van der Waals surface area contributed by atoms with Gasteiger partial charge in [0.1, 0.15) is 0 Å². The molecule has 0 N–H and O–H groups in total. The Bertz CT molecular complexity index is 609. The van der Waals surface area contributed by atoms with Crippen LogP contribution in [0.4, 0.5) is 5.69 Å². The Labute approximate surface area is 108 Å². The zero-order chi connectivity index (χ0) is 12.5. The van der Waals surface area contributed by atoms with Crippen LogP contribution in [-0.4, -0.2) is 5.71 Å². The van der Waals surface area contributed by atoms with Crippen LogP contribution in [-0.2, 0) is 6.42 Å². The molecule has 0 bridgehead atoms. The Morgan fingerprint density at radius 2 is 1.56 bits per heavy atom. The van der Waals surface area contributed by atoms with E-state index in [9.17, 15) is 0 Å². The van der Waals surface area contributed by atoms with Crippen molar-refractivity contribution < 1.29 is 0 Å². The molecule has 0 saturated heterocycles. The first-order chi connectivity index (χ1) is 8.75. The van der Waals surface area contributed by atoms with Gasteiger partial charge in [0.25, 0.3) is 0 Å². The average molecular weight is 235 g/mol. The van der Waals surface area contributed by atoms with Crippen LogP contribution < -0.4 is 0 Å². The summed E-state index contributed by atoms with van der Waals surface area (Å²) in [6, 6.07) is 17.1. The van der Waals surface area contributed by atoms with E-state index in [1.807, 2.05) is 0 Å². The molecule has 1 heterocycles. The number of aliphatic imine (C=N–C) groups is 1. The van der Waals surface area contributed by atoms with E-state index in [0.717, 1.165) is 12.1 Å². The van der Waals surface area contributed by atoms with Crippen molar-refractivity contribution in [3.63, 3.8) is 0 Å². The number of benzene rings is 2. The second-order valence-electron chi connectivity index (χ2n) is 5.11. The highest BCUT2D eigenvalue weighted by Crippen LogP contribution is 2.30. The van der Waals surface area contributed by atoms with Gasteiger partial charge in [0, 0.05) is 6.42 Å². The second-order valence-corrected chi connectivity index (χ2v) is 5.11. The summed E-state index contributed by atoms with van der Waals surface area (Å²) in [4.78, 5) is 4.90. The molecule has 0 amide bonds. The summed E-state index contributed by atoms with van der Waals surface area (Å²) in [7, 11) is 0. The molecule has 1 nitrogen and oxygen atoms in total. The Kier molecular flexibility index (Phi) is 2.75. The number of hydrogen-bond donors (Lipinski definition) is 0. The van der Waals surface area contributed by atoms with E-state index in [1.54, 1.807) is 0 Å². The number of fused-ring (bicyclic) bond motifs is 2. The molecule has 1 aliphatic rings. The van der Waals surface area contributed by atoms with Crippen molar-refractivity contribution in [3.8, 4) is 0 Å². The van der Waals surface area contributed by atoms with Crippen LogP contribution in [0, 0.1) is 5.92 Å². The highest BCUT2D eigenvalue weighted by molar-refractivity contribution is 6.05. The van der Waals surface area contributed by atoms with Gasteiger partial charge in [-0.2, -0.15) is 0 Å². The van der Waals surface area contributed by atoms with Gasteiger partial charge in [-0.3, -0.25) is 4.99 Å². The van der Waals surface area contributed by atoms with E-state index < -0.39 is 0 Å². The summed E-state index contributed by atoms with van der Waals surface area (Å²) in [6.45, 7) is 4.42. The molecule has 90 valence electrons. The monoisotopic (exact) mass is 235 g/mol.